The van der Waals surface area contributed by atoms with Crippen LogP contribution in [-0.4, -0.2) is 36.9 Å². The summed E-state index contributed by atoms with van der Waals surface area (Å²) in [5, 5.41) is 2.83. The molecule has 0 aromatic heterocycles. The fourth-order valence-corrected chi connectivity index (χ4v) is 2.46. The minimum absolute atomic E-state index is 0.0268. The van der Waals surface area contributed by atoms with Crippen LogP contribution < -0.4 is 10.1 Å². The average Bonchev–Trinajstić information content (AvgIpc) is 2.62. The number of amides is 2. The lowest BCUT2D eigenvalue weighted by molar-refractivity contribution is -0.129. The normalized spacial score (nSPS) is 10.2. The van der Waals surface area contributed by atoms with Crippen molar-refractivity contribution in [3.8, 4) is 5.75 Å². The number of benzene rings is 2. The number of hydrogen-bond donors (Lipinski definition) is 1. The van der Waals surface area contributed by atoms with Crippen molar-refractivity contribution in [3.63, 3.8) is 0 Å². The lowest BCUT2D eigenvalue weighted by Crippen LogP contribution is -2.33. The van der Waals surface area contributed by atoms with Gasteiger partial charge in [0.05, 0.1) is 7.11 Å². The number of nitrogens with zero attached hydrogens (tertiary/aromatic N) is 1. The van der Waals surface area contributed by atoms with Gasteiger partial charge in [-0.15, -0.1) is 0 Å². The van der Waals surface area contributed by atoms with Crippen LogP contribution in [0.3, 0.4) is 0 Å². The Balaban J connectivity index is 1.81. The molecule has 0 unspecified atom stereocenters. The summed E-state index contributed by atoms with van der Waals surface area (Å²) in [6, 6.07) is 17.1. The SMILES string of the molecule is COc1ccc(CCN(CCC(=O)Nc2ccccc2)C(C)=O)cc1. The number of para-hydroxylation sites is 1. The van der Waals surface area contributed by atoms with Gasteiger partial charge in [-0.1, -0.05) is 30.3 Å². The van der Waals surface area contributed by atoms with Gasteiger partial charge < -0.3 is 15.0 Å². The number of rotatable bonds is 8. The van der Waals surface area contributed by atoms with E-state index in [1.54, 1.807) is 12.0 Å². The first-order valence-electron chi connectivity index (χ1n) is 8.32. The number of hydrogen-bond acceptors (Lipinski definition) is 3. The van der Waals surface area contributed by atoms with E-state index in [0.29, 0.717) is 13.1 Å². The van der Waals surface area contributed by atoms with Crippen LogP contribution in [0.25, 0.3) is 0 Å². The molecule has 0 aliphatic heterocycles. The van der Waals surface area contributed by atoms with Crippen molar-refractivity contribution in [2.75, 3.05) is 25.5 Å². The van der Waals surface area contributed by atoms with E-state index in [-0.39, 0.29) is 18.2 Å². The predicted octanol–water partition coefficient (Wildman–Crippen LogP) is 3.12. The maximum Gasteiger partial charge on any atom is 0.226 e. The molecule has 0 fully saturated rings. The van der Waals surface area contributed by atoms with Gasteiger partial charge in [0.15, 0.2) is 0 Å². The second kappa shape index (κ2) is 9.47. The van der Waals surface area contributed by atoms with Gasteiger partial charge in [-0.05, 0) is 36.2 Å². The van der Waals surface area contributed by atoms with Gasteiger partial charge in [0, 0.05) is 32.1 Å². The first-order chi connectivity index (χ1) is 12.1. The third kappa shape index (κ3) is 6.30. The number of carbonyl (C=O) groups excluding carboxylic acids is 2. The number of anilines is 1. The molecule has 0 spiro atoms. The van der Waals surface area contributed by atoms with Gasteiger partial charge in [-0.2, -0.15) is 0 Å². The molecular weight excluding hydrogens is 316 g/mol. The molecule has 0 aliphatic rings. The van der Waals surface area contributed by atoms with Crippen LogP contribution in [0.1, 0.15) is 18.9 Å². The summed E-state index contributed by atoms with van der Waals surface area (Å²) in [5.74, 6) is 0.688. The van der Waals surface area contributed by atoms with Crippen LogP contribution in [-0.2, 0) is 16.0 Å². The maximum absolute atomic E-state index is 12.0. The number of methoxy groups -OCH3 is 1. The maximum atomic E-state index is 12.0. The highest BCUT2D eigenvalue weighted by atomic mass is 16.5. The molecule has 2 aromatic carbocycles. The summed E-state index contributed by atoms with van der Waals surface area (Å²) >= 11 is 0. The predicted molar refractivity (Wildman–Crippen MR) is 98.6 cm³/mol. The molecule has 132 valence electrons. The minimum atomic E-state index is -0.0955. The van der Waals surface area contributed by atoms with Gasteiger partial charge in [-0.25, -0.2) is 0 Å². The highest BCUT2D eigenvalue weighted by Crippen LogP contribution is 2.12. The Hall–Kier alpha value is -2.82. The summed E-state index contributed by atoms with van der Waals surface area (Å²) in [6.45, 7) is 2.52. The molecule has 2 aromatic rings. The van der Waals surface area contributed by atoms with Crippen molar-refractivity contribution in [3.05, 3.63) is 60.2 Å². The zero-order valence-electron chi connectivity index (χ0n) is 14.7. The Kier molecular flexibility index (Phi) is 7.01. The topological polar surface area (TPSA) is 58.6 Å². The van der Waals surface area contributed by atoms with E-state index < -0.39 is 0 Å². The highest BCUT2D eigenvalue weighted by molar-refractivity contribution is 5.91. The van der Waals surface area contributed by atoms with Gasteiger partial charge >= 0.3 is 0 Å². The van der Waals surface area contributed by atoms with Gasteiger partial charge in [0.25, 0.3) is 0 Å². The molecule has 0 aliphatic carbocycles. The Labute approximate surface area is 148 Å². The van der Waals surface area contributed by atoms with Crippen molar-refractivity contribution >= 4 is 17.5 Å². The summed E-state index contributed by atoms with van der Waals surface area (Å²) in [7, 11) is 1.63. The molecule has 25 heavy (non-hydrogen) atoms. The molecule has 1 N–H and O–H groups in total. The third-order valence-corrected chi connectivity index (χ3v) is 3.94. The van der Waals surface area contributed by atoms with E-state index >= 15 is 0 Å². The summed E-state index contributed by atoms with van der Waals surface area (Å²) in [4.78, 5) is 25.5. The Morgan fingerprint density at radius 2 is 1.68 bits per heavy atom. The quantitative estimate of drug-likeness (QED) is 0.803. The number of carbonyl (C=O) groups is 2. The number of nitrogens with one attached hydrogen (secondary N) is 1. The first-order valence-corrected chi connectivity index (χ1v) is 8.32. The molecule has 0 heterocycles. The summed E-state index contributed by atoms with van der Waals surface area (Å²) < 4.78 is 5.14. The molecule has 2 amide bonds. The van der Waals surface area contributed by atoms with Crippen LogP contribution in [0, 0.1) is 0 Å². The molecule has 0 bridgehead atoms. The van der Waals surface area contributed by atoms with Crippen LogP contribution in [0.5, 0.6) is 5.75 Å². The second-order valence-corrected chi connectivity index (χ2v) is 5.77. The van der Waals surface area contributed by atoms with Crippen LogP contribution in [0.4, 0.5) is 5.69 Å². The lowest BCUT2D eigenvalue weighted by Gasteiger charge is -2.21. The molecule has 0 saturated heterocycles. The first kappa shape index (κ1) is 18.5. The standard InChI is InChI=1S/C20H24N2O3/c1-16(23)22(14-12-17-8-10-19(25-2)11-9-17)15-13-20(24)21-18-6-4-3-5-7-18/h3-11H,12-15H2,1-2H3,(H,21,24). The van der Waals surface area contributed by atoms with Crippen molar-refractivity contribution in [2.45, 2.75) is 19.8 Å². The number of ether oxygens (including phenoxy) is 1. The summed E-state index contributed by atoms with van der Waals surface area (Å²) in [5.41, 5.74) is 1.89. The van der Waals surface area contributed by atoms with Gasteiger partial charge in [0.1, 0.15) is 5.75 Å². The van der Waals surface area contributed by atoms with E-state index in [2.05, 4.69) is 5.32 Å². The fraction of sp³-hybridized carbons (Fsp3) is 0.300. The average molecular weight is 340 g/mol. The molecule has 2 rings (SSSR count). The smallest absolute Gasteiger partial charge is 0.226 e. The van der Waals surface area contributed by atoms with E-state index in [1.165, 1.54) is 6.92 Å². The Morgan fingerprint density at radius 3 is 2.28 bits per heavy atom. The molecular formula is C20H24N2O3. The van der Waals surface area contributed by atoms with Crippen molar-refractivity contribution in [1.29, 1.82) is 0 Å². The largest absolute Gasteiger partial charge is 0.497 e. The van der Waals surface area contributed by atoms with Crippen molar-refractivity contribution in [1.82, 2.24) is 4.90 Å². The van der Waals surface area contributed by atoms with Crippen LogP contribution in [0.15, 0.2) is 54.6 Å². The van der Waals surface area contributed by atoms with Crippen LogP contribution >= 0.6 is 0 Å². The molecule has 0 atom stereocenters. The molecule has 0 saturated carbocycles. The Morgan fingerprint density at radius 1 is 1.00 bits per heavy atom. The lowest BCUT2D eigenvalue weighted by atomic mass is 10.1. The van der Waals surface area contributed by atoms with Gasteiger partial charge in [0.2, 0.25) is 11.8 Å². The second-order valence-electron chi connectivity index (χ2n) is 5.77. The fourth-order valence-electron chi connectivity index (χ4n) is 2.46. The molecule has 0 radical (unpaired) electrons. The van der Waals surface area contributed by atoms with Gasteiger partial charge in [-0.3, -0.25) is 9.59 Å². The monoisotopic (exact) mass is 340 g/mol. The van der Waals surface area contributed by atoms with E-state index in [0.717, 1.165) is 23.4 Å². The Bertz CT molecular complexity index is 684. The van der Waals surface area contributed by atoms with Crippen molar-refractivity contribution < 1.29 is 14.3 Å². The van der Waals surface area contributed by atoms with E-state index in [1.807, 2.05) is 54.6 Å². The summed E-state index contributed by atoms with van der Waals surface area (Å²) in [6.07, 6.45) is 1.01. The molecule has 5 heteroatoms. The molecule has 5 nitrogen and oxygen atoms in total. The minimum Gasteiger partial charge on any atom is -0.497 e. The van der Waals surface area contributed by atoms with E-state index in [4.69, 9.17) is 4.74 Å². The zero-order valence-corrected chi connectivity index (χ0v) is 14.7. The van der Waals surface area contributed by atoms with Crippen LogP contribution in [0.2, 0.25) is 0 Å². The van der Waals surface area contributed by atoms with E-state index in [9.17, 15) is 9.59 Å². The van der Waals surface area contributed by atoms with Crippen molar-refractivity contribution in [2.24, 2.45) is 0 Å². The highest BCUT2D eigenvalue weighted by Gasteiger charge is 2.11. The third-order valence-electron chi connectivity index (χ3n) is 3.94. The zero-order chi connectivity index (χ0) is 18.1.